The van der Waals surface area contributed by atoms with Crippen LogP contribution in [0.4, 0.5) is 10.1 Å². The van der Waals surface area contributed by atoms with E-state index in [1.807, 2.05) is 0 Å². The highest BCUT2D eigenvalue weighted by Crippen LogP contribution is 2.26. The normalized spacial score (nSPS) is 19.4. The van der Waals surface area contributed by atoms with Gasteiger partial charge in [-0.1, -0.05) is 11.6 Å². The third-order valence-electron chi connectivity index (χ3n) is 2.94. The van der Waals surface area contributed by atoms with Crippen LogP contribution in [0, 0.1) is 18.7 Å². The lowest BCUT2D eigenvalue weighted by atomic mass is 10.1. The first-order chi connectivity index (χ1) is 8.08. The van der Waals surface area contributed by atoms with Crippen molar-refractivity contribution in [1.29, 1.82) is 0 Å². The van der Waals surface area contributed by atoms with E-state index < -0.39 is 0 Å². The molecule has 1 amide bonds. The second-order valence-corrected chi connectivity index (χ2v) is 4.67. The number of carbonyl (C=O) groups is 1. The van der Waals surface area contributed by atoms with Crippen LogP contribution in [-0.4, -0.2) is 19.0 Å². The van der Waals surface area contributed by atoms with Gasteiger partial charge in [-0.3, -0.25) is 4.79 Å². The van der Waals surface area contributed by atoms with Crippen LogP contribution in [-0.2, 0) is 4.79 Å². The smallest absolute Gasteiger partial charge is 0.228 e. The molecule has 1 aliphatic heterocycles. The molecule has 17 heavy (non-hydrogen) atoms. The lowest BCUT2D eigenvalue weighted by Gasteiger charge is -2.12. The lowest BCUT2D eigenvalue weighted by molar-refractivity contribution is -0.119. The van der Waals surface area contributed by atoms with E-state index in [-0.39, 0.29) is 17.6 Å². The van der Waals surface area contributed by atoms with Crippen molar-refractivity contribution in [1.82, 2.24) is 5.32 Å². The van der Waals surface area contributed by atoms with Gasteiger partial charge in [0.2, 0.25) is 5.91 Å². The molecule has 0 bridgehead atoms. The summed E-state index contributed by atoms with van der Waals surface area (Å²) in [6, 6.07) is 2.78. The molecule has 1 fully saturated rings. The minimum atomic E-state index is -0.366. The molecule has 2 rings (SSSR count). The van der Waals surface area contributed by atoms with Crippen molar-refractivity contribution in [2.45, 2.75) is 13.3 Å². The summed E-state index contributed by atoms with van der Waals surface area (Å²) < 4.78 is 13.4. The van der Waals surface area contributed by atoms with Crippen molar-refractivity contribution in [3.63, 3.8) is 0 Å². The summed E-state index contributed by atoms with van der Waals surface area (Å²) in [5, 5.41) is 6.14. The second kappa shape index (κ2) is 5.02. The predicted octanol–water partition coefficient (Wildman–Crippen LogP) is 2.34. The molecule has 2 N–H and O–H groups in total. The Kier molecular flexibility index (Phi) is 3.64. The predicted molar refractivity (Wildman–Crippen MR) is 65.8 cm³/mol. The third-order valence-corrected chi connectivity index (χ3v) is 3.25. The zero-order valence-electron chi connectivity index (χ0n) is 9.52. The number of benzene rings is 1. The SMILES string of the molecule is Cc1cc(Cl)c(NC(=O)C2CCNC2)cc1F. The van der Waals surface area contributed by atoms with Gasteiger partial charge < -0.3 is 10.6 Å². The molecule has 1 unspecified atom stereocenters. The molecule has 92 valence electrons. The van der Waals surface area contributed by atoms with E-state index in [4.69, 9.17) is 11.6 Å². The molecule has 1 heterocycles. The zero-order chi connectivity index (χ0) is 12.4. The fraction of sp³-hybridized carbons (Fsp3) is 0.417. The highest BCUT2D eigenvalue weighted by molar-refractivity contribution is 6.33. The number of rotatable bonds is 2. The van der Waals surface area contributed by atoms with E-state index in [0.29, 0.717) is 22.8 Å². The Morgan fingerprint density at radius 3 is 3.00 bits per heavy atom. The first-order valence-electron chi connectivity index (χ1n) is 5.55. The lowest BCUT2D eigenvalue weighted by Crippen LogP contribution is -2.24. The molecule has 1 aliphatic rings. The number of hydrogen-bond donors (Lipinski definition) is 2. The second-order valence-electron chi connectivity index (χ2n) is 4.26. The monoisotopic (exact) mass is 256 g/mol. The number of carbonyl (C=O) groups excluding carboxylic acids is 1. The van der Waals surface area contributed by atoms with Crippen molar-refractivity contribution in [3.8, 4) is 0 Å². The van der Waals surface area contributed by atoms with Crippen LogP contribution in [0.5, 0.6) is 0 Å². The maximum Gasteiger partial charge on any atom is 0.228 e. The largest absolute Gasteiger partial charge is 0.324 e. The highest BCUT2D eigenvalue weighted by Gasteiger charge is 2.23. The fourth-order valence-corrected chi connectivity index (χ4v) is 2.12. The number of hydrogen-bond acceptors (Lipinski definition) is 2. The number of nitrogens with one attached hydrogen (secondary N) is 2. The van der Waals surface area contributed by atoms with Crippen molar-refractivity contribution >= 4 is 23.2 Å². The van der Waals surface area contributed by atoms with Gasteiger partial charge in [-0.15, -0.1) is 0 Å². The van der Waals surface area contributed by atoms with Crippen LogP contribution in [0.1, 0.15) is 12.0 Å². The van der Waals surface area contributed by atoms with Gasteiger partial charge in [-0.25, -0.2) is 4.39 Å². The Hall–Kier alpha value is -1.13. The van der Waals surface area contributed by atoms with Gasteiger partial charge in [0.25, 0.3) is 0 Å². The van der Waals surface area contributed by atoms with Crippen LogP contribution >= 0.6 is 11.6 Å². The van der Waals surface area contributed by atoms with Gasteiger partial charge in [0.1, 0.15) is 5.82 Å². The zero-order valence-corrected chi connectivity index (χ0v) is 10.3. The van der Waals surface area contributed by atoms with Crippen LogP contribution < -0.4 is 10.6 Å². The summed E-state index contributed by atoms with van der Waals surface area (Å²) in [6.07, 6.45) is 0.803. The maximum absolute atomic E-state index is 13.4. The van der Waals surface area contributed by atoms with Crippen LogP contribution in [0.15, 0.2) is 12.1 Å². The van der Waals surface area contributed by atoms with Gasteiger partial charge in [-0.2, -0.15) is 0 Å². The molecule has 1 saturated heterocycles. The topological polar surface area (TPSA) is 41.1 Å². The van der Waals surface area contributed by atoms with E-state index in [9.17, 15) is 9.18 Å². The summed E-state index contributed by atoms with van der Waals surface area (Å²) in [5.41, 5.74) is 0.808. The van der Waals surface area contributed by atoms with E-state index in [1.165, 1.54) is 12.1 Å². The molecule has 3 nitrogen and oxygen atoms in total. The molecule has 5 heteroatoms. The Morgan fingerprint density at radius 2 is 2.35 bits per heavy atom. The van der Waals surface area contributed by atoms with Gasteiger partial charge in [0.15, 0.2) is 0 Å². The van der Waals surface area contributed by atoms with Crippen molar-refractivity contribution in [3.05, 3.63) is 28.5 Å². The third kappa shape index (κ3) is 2.76. The van der Waals surface area contributed by atoms with E-state index in [2.05, 4.69) is 10.6 Å². The molecule has 1 aromatic carbocycles. The van der Waals surface area contributed by atoms with E-state index in [1.54, 1.807) is 6.92 Å². The van der Waals surface area contributed by atoms with Gasteiger partial charge in [0, 0.05) is 6.54 Å². The molecule has 0 radical (unpaired) electrons. The molecule has 0 aliphatic carbocycles. The molecule has 1 atom stereocenters. The van der Waals surface area contributed by atoms with Crippen molar-refractivity contribution in [2.75, 3.05) is 18.4 Å². The molecule has 1 aromatic rings. The van der Waals surface area contributed by atoms with Gasteiger partial charge >= 0.3 is 0 Å². The summed E-state index contributed by atoms with van der Waals surface area (Å²) in [4.78, 5) is 11.8. The number of halogens is 2. The first-order valence-corrected chi connectivity index (χ1v) is 5.93. The van der Waals surface area contributed by atoms with E-state index >= 15 is 0 Å². The summed E-state index contributed by atoms with van der Waals surface area (Å²) in [6.45, 7) is 3.14. The van der Waals surface area contributed by atoms with Crippen LogP contribution in [0.25, 0.3) is 0 Å². The molecule has 0 spiro atoms. The fourth-order valence-electron chi connectivity index (χ4n) is 1.86. The summed E-state index contributed by atoms with van der Waals surface area (Å²) in [7, 11) is 0. The number of aryl methyl sites for hydroxylation is 1. The molecular weight excluding hydrogens is 243 g/mol. The Morgan fingerprint density at radius 1 is 1.59 bits per heavy atom. The van der Waals surface area contributed by atoms with Crippen molar-refractivity contribution < 1.29 is 9.18 Å². The number of amides is 1. The first kappa shape index (κ1) is 12.3. The average molecular weight is 257 g/mol. The summed E-state index contributed by atoms with van der Waals surface area (Å²) in [5.74, 6) is -0.537. The van der Waals surface area contributed by atoms with Gasteiger partial charge in [-0.05, 0) is 37.6 Å². The Bertz CT molecular complexity index is 444. The summed E-state index contributed by atoms with van der Waals surface area (Å²) >= 11 is 5.96. The Labute approximate surface area is 104 Å². The molecular formula is C12H14ClFN2O. The molecule has 0 aromatic heterocycles. The quantitative estimate of drug-likeness (QED) is 0.853. The van der Waals surface area contributed by atoms with Gasteiger partial charge in [0.05, 0.1) is 16.6 Å². The molecule has 0 saturated carbocycles. The number of anilines is 1. The van der Waals surface area contributed by atoms with Crippen molar-refractivity contribution in [2.24, 2.45) is 5.92 Å². The minimum Gasteiger partial charge on any atom is -0.324 e. The Balaban J connectivity index is 2.12. The average Bonchev–Trinajstić information content (AvgIpc) is 2.79. The van der Waals surface area contributed by atoms with Crippen LogP contribution in [0.3, 0.4) is 0 Å². The van der Waals surface area contributed by atoms with Crippen LogP contribution in [0.2, 0.25) is 5.02 Å². The highest BCUT2D eigenvalue weighted by atomic mass is 35.5. The minimum absolute atomic E-state index is 0.0598. The standard InChI is InChI=1S/C12H14ClFN2O/c1-7-4-9(13)11(5-10(7)14)16-12(17)8-2-3-15-6-8/h4-5,8,15H,2-3,6H2,1H3,(H,16,17). The maximum atomic E-state index is 13.4. The van der Waals surface area contributed by atoms with E-state index in [0.717, 1.165) is 13.0 Å².